The lowest BCUT2D eigenvalue weighted by molar-refractivity contribution is 0.0950. The minimum Gasteiger partial charge on any atom is -0.398 e. The molecule has 1 aliphatic rings. The van der Waals surface area contributed by atoms with Crippen molar-refractivity contribution in [1.29, 1.82) is 0 Å². The third-order valence-corrected chi connectivity index (χ3v) is 3.55. The number of nitrogens with two attached hydrogens (primary N) is 1. The maximum absolute atomic E-state index is 12.1. The summed E-state index contributed by atoms with van der Waals surface area (Å²) in [4.78, 5) is 12.1. The minimum absolute atomic E-state index is 0. The molecule has 0 bridgehead atoms. The number of nitrogen functional groups attached to an aromatic ring is 1. The lowest BCUT2D eigenvalue weighted by Crippen LogP contribution is -2.26. The summed E-state index contributed by atoms with van der Waals surface area (Å²) in [6.45, 7) is 1.31. The van der Waals surface area contributed by atoms with Crippen molar-refractivity contribution in [3.05, 3.63) is 41.5 Å². The molecule has 0 spiro atoms. The van der Waals surface area contributed by atoms with Gasteiger partial charge < -0.3 is 15.6 Å². The first-order valence-corrected chi connectivity index (χ1v) is 6.79. The number of amides is 1. The average Bonchev–Trinajstić information content (AvgIpc) is 2.88. The number of carbonyl (C=O) groups excluding carboxylic acids is 1. The van der Waals surface area contributed by atoms with E-state index in [2.05, 4.69) is 20.1 Å². The quantitative estimate of drug-likeness (QED) is 0.834. The summed E-state index contributed by atoms with van der Waals surface area (Å²) in [5.41, 5.74) is 6.76. The largest absolute Gasteiger partial charge is 0.398 e. The van der Waals surface area contributed by atoms with E-state index in [1.54, 1.807) is 24.3 Å². The summed E-state index contributed by atoms with van der Waals surface area (Å²) < 4.78 is 2.10. The lowest BCUT2D eigenvalue weighted by atomic mass is 10.1. The third-order valence-electron chi connectivity index (χ3n) is 3.55. The first-order valence-electron chi connectivity index (χ1n) is 6.79. The Hall–Kier alpha value is -1.79. The van der Waals surface area contributed by atoms with Crippen molar-refractivity contribution in [2.24, 2.45) is 0 Å². The van der Waals surface area contributed by atoms with Gasteiger partial charge in [-0.15, -0.1) is 35.0 Å². The number of nitrogens with one attached hydrogen (secondary N) is 1. The number of halogens is 2. The fourth-order valence-electron chi connectivity index (χ4n) is 2.46. The van der Waals surface area contributed by atoms with Crippen LogP contribution in [0.3, 0.4) is 0 Å². The Balaban J connectivity index is 0.00000121. The predicted molar refractivity (Wildman–Crippen MR) is 89.5 cm³/mol. The fourth-order valence-corrected chi connectivity index (χ4v) is 2.46. The van der Waals surface area contributed by atoms with E-state index in [-0.39, 0.29) is 30.7 Å². The molecule has 0 radical (unpaired) electrons. The molecular weight excluding hydrogens is 325 g/mol. The zero-order valence-electron chi connectivity index (χ0n) is 12.0. The van der Waals surface area contributed by atoms with Gasteiger partial charge in [-0.25, -0.2) is 0 Å². The van der Waals surface area contributed by atoms with Crippen LogP contribution in [0.1, 0.15) is 34.8 Å². The van der Waals surface area contributed by atoms with E-state index < -0.39 is 0 Å². The molecule has 6 nitrogen and oxygen atoms in total. The fraction of sp³-hybridized carbons (Fsp3) is 0.357. The van der Waals surface area contributed by atoms with Crippen molar-refractivity contribution in [3.63, 3.8) is 0 Å². The van der Waals surface area contributed by atoms with E-state index in [4.69, 9.17) is 5.73 Å². The van der Waals surface area contributed by atoms with E-state index in [9.17, 15) is 4.79 Å². The van der Waals surface area contributed by atoms with Crippen LogP contribution in [-0.2, 0) is 19.5 Å². The summed E-state index contributed by atoms with van der Waals surface area (Å²) >= 11 is 0. The maximum atomic E-state index is 12.1. The van der Waals surface area contributed by atoms with E-state index in [0.717, 1.165) is 37.5 Å². The van der Waals surface area contributed by atoms with Crippen LogP contribution in [0.25, 0.3) is 0 Å². The Morgan fingerprint density at radius 3 is 2.77 bits per heavy atom. The molecular formula is C14H19Cl2N5O. The Kier molecular flexibility index (Phi) is 6.64. The molecule has 0 atom stereocenters. The molecule has 1 aromatic carbocycles. The summed E-state index contributed by atoms with van der Waals surface area (Å²) in [6, 6.07) is 7.03. The number of hydrogen-bond donors (Lipinski definition) is 2. The Bertz CT molecular complexity index is 644. The van der Waals surface area contributed by atoms with Crippen molar-refractivity contribution < 1.29 is 4.79 Å². The molecule has 2 heterocycles. The third kappa shape index (κ3) is 3.69. The number of carbonyl (C=O) groups is 1. The van der Waals surface area contributed by atoms with Gasteiger partial charge in [-0.2, -0.15) is 0 Å². The highest BCUT2D eigenvalue weighted by molar-refractivity contribution is 5.98. The highest BCUT2D eigenvalue weighted by Crippen LogP contribution is 2.14. The van der Waals surface area contributed by atoms with Gasteiger partial charge in [0.25, 0.3) is 5.91 Å². The monoisotopic (exact) mass is 343 g/mol. The van der Waals surface area contributed by atoms with Crippen LogP contribution in [0.4, 0.5) is 5.69 Å². The van der Waals surface area contributed by atoms with Crippen LogP contribution in [-0.4, -0.2) is 20.7 Å². The molecule has 8 heteroatoms. The molecule has 0 fully saturated rings. The summed E-state index contributed by atoms with van der Waals surface area (Å²) in [5.74, 6) is 1.64. The highest BCUT2D eigenvalue weighted by Gasteiger charge is 2.16. The second kappa shape index (κ2) is 8.00. The SMILES string of the molecule is Cl.Cl.Nc1ccccc1C(=O)NCc1nnc2n1CCCC2. The maximum Gasteiger partial charge on any atom is 0.253 e. The summed E-state index contributed by atoms with van der Waals surface area (Å²) in [6.07, 6.45) is 3.26. The van der Waals surface area contributed by atoms with Gasteiger partial charge in [-0.1, -0.05) is 12.1 Å². The van der Waals surface area contributed by atoms with Crippen LogP contribution in [0, 0.1) is 0 Å². The second-order valence-corrected chi connectivity index (χ2v) is 4.91. The Labute approximate surface area is 141 Å². The molecule has 1 aromatic heterocycles. The first kappa shape index (κ1) is 18.3. The molecule has 0 unspecified atom stereocenters. The Morgan fingerprint density at radius 2 is 2.00 bits per heavy atom. The zero-order valence-corrected chi connectivity index (χ0v) is 13.6. The summed E-state index contributed by atoms with van der Waals surface area (Å²) in [7, 11) is 0. The van der Waals surface area contributed by atoms with Gasteiger partial charge in [0.1, 0.15) is 5.82 Å². The number of fused-ring (bicyclic) bond motifs is 1. The van der Waals surface area contributed by atoms with Gasteiger partial charge in [0.2, 0.25) is 0 Å². The van der Waals surface area contributed by atoms with Crippen LogP contribution in [0.15, 0.2) is 24.3 Å². The summed E-state index contributed by atoms with van der Waals surface area (Å²) in [5, 5.41) is 11.2. The molecule has 0 aliphatic carbocycles. The highest BCUT2D eigenvalue weighted by atomic mass is 35.5. The van der Waals surface area contributed by atoms with Gasteiger partial charge in [-0.05, 0) is 25.0 Å². The zero-order chi connectivity index (χ0) is 13.9. The van der Waals surface area contributed by atoms with Crippen molar-refractivity contribution in [2.75, 3.05) is 5.73 Å². The van der Waals surface area contributed by atoms with Gasteiger partial charge in [0.05, 0.1) is 12.1 Å². The normalized spacial score (nSPS) is 12.5. The van der Waals surface area contributed by atoms with Crippen LogP contribution >= 0.6 is 24.8 Å². The number of rotatable bonds is 3. The van der Waals surface area contributed by atoms with Gasteiger partial charge in [-0.3, -0.25) is 4.79 Å². The number of hydrogen-bond acceptors (Lipinski definition) is 4. The molecule has 120 valence electrons. The van der Waals surface area contributed by atoms with Gasteiger partial charge in [0, 0.05) is 18.7 Å². The van der Waals surface area contributed by atoms with Gasteiger partial charge >= 0.3 is 0 Å². The van der Waals surface area contributed by atoms with Crippen molar-refractivity contribution in [3.8, 4) is 0 Å². The molecule has 22 heavy (non-hydrogen) atoms. The predicted octanol–water partition coefficient (Wildman–Crippen LogP) is 1.97. The topological polar surface area (TPSA) is 85.8 Å². The van der Waals surface area contributed by atoms with Crippen molar-refractivity contribution in [2.45, 2.75) is 32.4 Å². The number of benzene rings is 1. The van der Waals surface area contributed by atoms with E-state index in [0.29, 0.717) is 17.8 Å². The second-order valence-electron chi connectivity index (χ2n) is 4.91. The van der Waals surface area contributed by atoms with E-state index >= 15 is 0 Å². The molecule has 3 rings (SSSR count). The van der Waals surface area contributed by atoms with Crippen LogP contribution < -0.4 is 11.1 Å². The molecule has 2 aromatic rings. The number of aromatic nitrogens is 3. The molecule has 1 aliphatic heterocycles. The van der Waals surface area contributed by atoms with E-state index in [1.165, 1.54) is 0 Å². The number of para-hydroxylation sites is 1. The number of anilines is 1. The average molecular weight is 344 g/mol. The minimum atomic E-state index is -0.184. The lowest BCUT2D eigenvalue weighted by Gasteiger charge is -2.15. The number of aryl methyl sites for hydroxylation is 1. The van der Waals surface area contributed by atoms with Gasteiger partial charge in [0.15, 0.2) is 5.82 Å². The van der Waals surface area contributed by atoms with Crippen molar-refractivity contribution in [1.82, 2.24) is 20.1 Å². The van der Waals surface area contributed by atoms with Crippen LogP contribution in [0.5, 0.6) is 0 Å². The Morgan fingerprint density at radius 1 is 1.23 bits per heavy atom. The molecule has 0 saturated heterocycles. The smallest absolute Gasteiger partial charge is 0.253 e. The first-order chi connectivity index (χ1) is 9.75. The van der Waals surface area contributed by atoms with Crippen LogP contribution in [0.2, 0.25) is 0 Å². The molecule has 0 saturated carbocycles. The standard InChI is InChI=1S/C14H17N5O.2ClH/c15-11-6-2-1-5-10(11)14(20)16-9-13-18-17-12-7-3-4-8-19(12)13;;/h1-2,5-6H,3-4,7-9,15H2,(H,16,20);2*1H. The number of nitrogens with zero attached hydrogens (tertiary/aromatic N) is 3. The molecule has 1 amide bonds. The van der Waals surface area contributed by atoms with Crippen molar-refractivity contribution >= 4 is 36.4 Å². The molecule has 3 N–H and O–H groups in total. The van der Waals surface area contributed by atoms with E-state index in [1.807, 2.05) is 0 Å².